The molecule has 0 radical (unpaired) electrons. The lowest BCUT2D eigenvalue weighted by atomic mass is 9.92. The van der Waals surface area contributed by atoms with E-state index >= 15 is 0 Å². The zero-order valence-corrected chi connectivity index (χ0v) is 18.8. The molecule has 0 unspecified atom stereocenters. The standard InChI is InChI=1S/C25H23ClFNO5/c1-2-3-20(29)22-13-16-12-19(5-6-21(16)33-22)28-9-8-25(32,24(28)31)23(30)7-4-15-10-17(26)14-18(27)11-15/h5-6,10-14,32H,2-4,7-9H2,1H3/t25-/m1/s1. The molecule has 1 atom stereocenters. The Hall–Kier alpha value is -3.03. The lowest BCUT2D eigenvalue weighted by Crippen LogP contribution is -2.47. The molecule has 6 nitrogen and oxygen atoms in total. The highest BCUT2D eigenvalue weighted by molar-refractivity contribution is 6.30. The summed E-state index contributed by atoms with van der Waals surface area (Å²) >= 11 is 5.85. The van der Waals surface area contributed by atoms with Crippen molar-refractivity contribution in [3.05, 3.63) is 64.6 Å². The number of halogens is 2. The summed E-state index contributed by atoms with van der Waals surface area (Å²) in [4.78, 5) is 39.3. The molecule has 1 N–H and O–H groups in total. The second-order valence-corrected chi connectivity index (χ2v) is 8.71. The number of carbonyl (C=O) groups excluding carboxylic acids is 3. The number of amides is 1. The van der Waals surface area contributed by atoms with Crippen LogP contribution in [-0.2, 0) is 16.0 Å². The average Bonchev–Trinajstić information content (AvgIpc) is 3.33. The topological polar surface area (TPSA) is 87.8 Å². The Labute approximate surface area is 194 Å². The predicted octanol–water partition coefficient (Wildman–Crippen LogP) is 4.88. The Morgan fingerprint density at radius 3 is 2.70 bits per heavy atom. The zero-order chi connectivity index (χ0) is 23.8. The van der Waals surface area contributed by atoms with Gasteiger partial charge in [0.05, 0.1) is 0 Å². The highest BCUT2D eigenvalue weighted by Crippen LogP contribution is 2.33. The van der Waals surface area contributed by atoms with Gasteiger partial charge in [0.15, 0.2) is 17.3 Å². The largest absolute Gasteiger partial charge is 0.453 e. The molecule has 1 aliphatic rings. The van der Waals surface area contributed by atoms with Gasteiger partial charge in [0.1, 0.15) is 11.4 Å². The first-order valence-electron chi connectivity index (χ1n) is 10.8. The van der Waals surface area contributed by atoms with Gasteiger partial charge in [-0.15, -0.1) is 0 Å². The van der Waals surface area contributed by atoms with Crippen molar-refractivity contribution >= 4 is 45.7 Å². The van der Waals surface area contributed by atoms with Gasteiger partial charge in [-0.25, -0.2) is 4.39 Å². The lowest BCUT2D eigenvalue weighted by Gasteiger charge is -2.21. The van der Waals surface area contributed by atoms with Crippen LogP contribution in [0, 0.1) is 5.82 Å². The van der Waals surface area contributed by atoms with Crippen LogP contribution >= 0.6 is 11.6 Å². The summed E-state index contributed by atoms with van der Waals surface area (Å²) in [7, 11) is 0. The number of furan rings is 1. The molecular formula is C25H23ClFNO5. The molecule has 172 valence electrons. The molecule has 3 aromatic rings. The summed E-state index contributed by atoms with van der Waals surface area (Å²) in [5.41, 5.74) is -0.600. The summed E-state index contributed by atoms with van der Waals surface area (Å²) in [6.45, 7) is 2.07. The third-order valence-corrected chi connectivity index (χ3v) is 6.10. The third kappa shape index (κ3) is 4.56. The van der Waals surface area contributed by atoms with Crippen LogP contribution in [0.2, 0.25) is 5.02 Å². The number of anilines is 1. The lowest BCUT2D eigenvalue weighted by molar-refractivity contribution is -0.147. The number of hydrogen-bond acceptors (Lipinski definition) is 5. The second kappa shape index (κ2) is 9.08. The Morgan fingerprint density at radius 1 is 1.18 bits per heavy atom. The van der Waals surface area contributed by atoms with Gasteiger partial charge in [0.2, 0.25) is 5.60 Å². The number of nitrogens with zero attached hydrogens (tertiary/aromatic N) is 1. The number of benzene rings is 2. The van der Waals surface area contributed by atoms with Crippen LogP contribution < -0.4 is 4.90 Å². The highest BCUT2D eigenvalue weighted by atomic mass is 35.5. The first-order valence-corrected chi connectivity index (χ1v) is 11.2. The summed E-state index contributed by atoms with van der Waals surface area (Å²) in [5, 5.41) is 11.8. The number of Topliss-reactive ketones (excluding diaryl/α,β-unsaturated/α-hetero) is 2. The number of aliphatic hydroxyl groups is 1. The number of rotatable bonds is 8. The van der Waals surface area contributed by atoms with Crippen LogP contribution in [0.15, 0.2) is 46.9 Å². The van der Waals surface area contributed by atoms with E-state index in [1.165, 1.54) is 11.0 Å². The van der Waals surface area contributed by atoms with E-state index in [1.807, 2.05) is 6.92 Å². The van der Waals surface area contributed by atoms with Crippen LogP contribution in [0.25, 0.3) is 11.0 Å². The quantitative estimate of drug-likeness (QED) is 0.374. The molecule has 1 aliphatic heterocycles. The van der Waals surface area contributed by atoms with Crippen molar-refractivity contribution < 1.29 is 28.3 Å². The molecule has 0 bridgehead atoms. The molecule has 4 rings (SSSR count). The number of ketones is 2. The van der Waals surface area contributed by atoms with E-state index in [2.05, 4.69) is 0 Å². The molecule has 1 aromatic heterocycles. The Kier molecular flexibility index (Phi) is 6.36. The van der Waals surface area contributed by atoms with Crippen LogP contribution in [0.3, 0.4) is 0 Å². The van der Waals surface area contributed by atoms with Crippen LogP contribution in [0.4, 0.5) is 10.1 Å². The summed E-state index contributed by atoms with van der Waals surface area (Å²) in [6.07, 6.45) is 1.08. The smallest absolute Gasteiger partial charge is 0.266 e. The van der Waals surface area contributed by atoms with Gasteiger partial charge in [0.25, 0.3) is 5.91 Å². The van der Waals surface area contributed by atoms with E-state index in [-0.39, 0.29) is 42.4 Å². The number of hydrogen-bond donors (Lipinski definition) is 1. The maximum absolute atomic E-state index is 13.5. The van der Waals surface area contributed by atoms with Gasteiger partial charge >= 0.3 is 0 Å². The minimum Gasteiger partial charge on any atom is -0.453 e. The van der Waals surface area contributed by atoms with E-state index in [4.69, 9.17) is 16.0 Å². The van der Waals surface area contributed by atoms with Gasteiger partial charge in [-0.1, -0.05) is 18.5 Å². The summed E-state index contributed by atoms with van der Waals surface area (Å²) < 4.78 is 19.1. The SMILES string of the molecule is CCCC(=O)c1cc2cc(N3CC[C@@](O)(C(=O)CCc4cc(F)cc(Cl)c4)C3=O)ccc2o1. The Balaban J connectivity index is 1.49. The molecular weight excluding hydrogens is 449 g/mol. The van der Waals surface area contributed by atoms with E-state index in [1.54, 1.807) is 30.3 Å². The minimum atomic E-state index is -2.13. The van der Waals surface area contributed by atoms with E-state index in [0.29, 0.717) is 35.1 Å². The van der Waals surface area contributed by atoms with Crippen molar-refractivity contribution in [3.8, 4) is 0 Å². The van der Waals surface area contributed by atoms with Gasteiger partial charge in [-0.3, -0.25) is 14.4 Å². The maximum atomic E-state index is 13.5. The first-order chi connectivity index (χ1) is 15.7. The van der Waals surface area contributed by atoms with Crippen LogP contribution in [0.1, 0.15) is 48.7 Å². The monoisotopic (exact) mass is 471 g/mol. The van der Waals surface area contributed by atoms with Gasteiger partial charge in [-0.2, -0.15) is 0 Å². The van der Waals surface area contributed by atoms with Gasteiger partial charge in [-0.05, 0) is 60.9 Å². The molecule has 1 amide bonds. The van der Waals surface area contributed by atoms with Crippen molar-refractivity contribution in [2.24, 2.45) is 0 Å². The molecule has 2 heterocycles. The number of aryl methyl sites for hydroxylation is 1. The highest BCUT2D eigenvalue weighted by Gasteiger charge is 2.50. The molecule has 33 heavy (non-hydrogen) atoms. The van der Waals surface area contributed by atoms with Gasteiger partial charge in [0, 0.05) is 41.9 Å². The zero-order valence-electron chi connectivity index (χ0n) is 18.1. The number of fused-ring (bicyclic) bond motifs is 1. The van der Waals surface area contributed by atoms with E-state index in [9.17, 15) is 23.9 Å². The molecule has 0 aliphatic carbocycles. The fourth-order valence-electron chi connectivity index (χ4n) is 4.12. The van der Waals surface area contributed by atoms with Crippen molar-refractivity contribution in [2.45, 2.75) is 44.6 Å². The predicted molar refractivity (Wildman–Crippen MR) is 122 cm³/mol. The number of carbonyl (C=O) groups is 3. The molecule has 1 saturated heterocycles. The molecule has 0 spiro atoms. The van der Waals surface area contributed by atoms with Crippen LogP contribution in [0.5, 0.6) is 0 Å². The van der Waals surface area contributed by atoms with Crippen molar-refractivity contribution in [1.82, 2.24) is 0 Å². The van der Waals surface area contributed by atoms with E-state index < -0.39 is 23.1 Å². The minimum absolute atomic E-state index is 0.0434. The summed E-state index contributed by atoms with van der Waals surface area (Å²) in [6, 6.07) is 10.6. The first kappa shape index (κ1) is 23.1. The third-order valence-electron chi connectivity index (χ3n) is 5.88. The normalized spacial score (nSPS) is 18.3. The van der Waals surface area contributed by atoms with Crippen LogP contribution in [-0.4, -0.2) is 34.7 Å². The fourth-order valence-corrected chi connectivity index (χ4v) is 4.36. The molecule has 1 fully saturated rings. The fraction of sp³-hybridized carbons (Fsp3) is 0.320. The maximum Gasteiger partial charge on any atom is 0.266 e. The molecule has 0 saturated carbocycles. The van der Waals surface area contributed by atoms with Crippen molar-refractivity contribution in [1.29, 1.82) is 0 Å². The molecule has 2 aromatic carbocycles. The second-order valence-electron chi connectivity index (χ2n) is 8.27. The van der Waals surface area contributed by atoms with Gasteiger partial charge < -0.3 is 14.4 Å². The Bertz CT molecular complexity index is 1230. The average molecular weight is 472 g/mol. The Morgan fingerprint density at radius 2 is 1.97 bits per heavy atom. The van der Waals surface area contributed by atoms with E-state index in [0.717, 1.165) is 6.07 Å². The molecule has 8 heteroatoms. The van der Waals surface area contributed by atoms with Crippen molar-refractivity contribution in [3.63, 3.8) is 0 Å². The van der Waals surface area contributed by atoms with Crippen molar-refractivity contribution in [2.75, 3.05) is 11.4 Å². The summed E-state index contributed by atoms with van der Waals surface area (Å²) in [5.74, 6) is -1.66.